The number of nitrogens with zero attached hydrogens (tertiary/aromatic N) is 3. The van der Waals surface area contributed by atoms with Crippen LogP contribution in [0.15, 0.2) is 0 Å². The first-order valence-corrected chi connectivity index (χ1v) is 7.25. The quantitative estimate of drug-likeness (QED) is 0.897. The summed E-state index contributed by atoms with van der Waals surface area (Å²) in [6.45, 7) is 5.65. The van der Waals surface area contributed by atoms with Crippen LogP contribution < -0.4 is 5.73 Å². The molecule has 0 bridgehead atoms. The van der Waals surface area contributed by atoms with E-state index in [1.165, 1.54) is 11.5 Å². The first kappa shape index (κ1) is 13.4. The van der Waals surface area contributed by atoms with E-state index in [0.717, 1.165) is 31.5 Å². The molecule has 2 rings (SSSR count). The number of carbonyl (C=O) groups excluding carboxylic acids is 1. The second-order valence-corrected chi connectivity index (χ2v) is 5.86. The van der Waals surface area contributed by atoms with Crippen molar-refractivity contribution in [2.45, 2.75) is 39.2 Å². The van der Waals surface area contributed by atoms with Crippen LogP contribution in [0.5, 0.6) is 0 Å². The van der Waals surface area contributed by atoms with Gasteiger partial charge in [0.25, 0.3) is 5.91 Å². The van der Waals surface area contributed by atoms with Crippen LogP contribution in [0.2, 0.25) is 0 Å². The van der Waals surface area contributed by atoms with E-state index < -0.39 is 0 Å². The summed E-state index contributed by atoms with van der Waals surface area (Å²) < 4.78 is 3.91. The summed E-state index contributed by atoms with van der Waals surface area (Å²) >= 11 is 1.20. The molecular formula is C12H20N4OS. The van der Waals surface area contributed by atoms with Crippen molar-refractivity contribution in [1.29, 1.82) is 0 Å². The standard InChI is InChI=1S/C12H20N4OS/c1-3-4-10-11(18-15-14-10)12(17)16-6-8(2)5-9(13)7-16/h8-9H,3-7,13H2,1-2H3. The summed E-state index contributed by atoms with van der Waals surface area (Å²) in [6.07, 6.45) is 2.78. The molecule has 18 heavy (non-hydrogen) atoms. The topological polar surface area (TPSA) is 72.1 Å². The molecule has 2 unspecified atom stereocenters. The Kier molecular flexibility index (Phi) is 4.29. The van der Waals surface area contributed by atoms with Crippen LogP contribution in [-0.4, -0.2) is 39.5 Å². The van der Waals surface area contributed by atoms with Gasteiger partial charge in [-0.25, -0.2) is 0 Å². The second-order valence-electron chi connectivity index (χ2n) is 5.11. The SMILES string of the molecule is CCCc1nnsc1C(=O)N1CC(C)CC(N)C1. The third-order valence-corrected chi connectivity index (χ3v) is 3.97. The summed E-state index contributed by atoms with van der Waals surface area (Å²) in [6, 6.07) is 0.0909. The highest BCUT2D eigenvalue weighted by Gasteiger charge is 2.28. The molecule has 1 amide bonds. The molecule has 0 saturated carbocycles. The smallest absolute Gasteiger partial charge is 0.267 e. The minimum Gasteiger partial charge on any atom is -0.336 e. The van der Waals surface area contributed by atoms with Crippen molar-refractivity contribution in [3.8, 4) is 0 Å². The molecule has 1 aromatic heterocycles. The lowest BCUT2D eigenvalue weighted by Crippen LogP contribution is -2.48. The molecule has 2 atom stereocenters. The Morgan fingerprint density at radius 1 is 1.56 bits per heavy atom. The second kappa shape index (κ2) is 5.75. The first-order chi connectivity index (χ1) is 8.61. The number of likely N-dealkylation sites (tertiary alicyclic amines) is 1. The average molecular weight is 268 g/mol. The molecule has 2 N–H and O–H groups in total. The van der Waals surface area contributed by atoms with Crippen LogP contribution >= 0.6 is 11.5 Å². The van der Waals surface area contributed by atoms with Crippen molar-refractivity contribution in [1.82, 2.24) is 14.5 Å². The molecular weight excluding hydrogens is 248 g/mol. The number of hydrogen-bond donors (Lipinski definition) is 1. The third-order valence-electron chi connectivity index (χ3n) is 3.22. The van der Waals surface area contributed by atoms with E-state index in [9.17, 15) is 4.79 Å². The Hall–Kier alpha value is -1.01. The monoisotopic (exact) mass is 268 g/mol. The number of hydrogen-bond acceptors (Lipinski definition) is 5. The summed E-state index contributed by atoms with van der Waals surface area (Å²) in [5, 5.41) is 4.05. The zero-order valence-corrected chi connectivity index (χ0v) is 11.7. The first-order valence-electron chi connectivity index (χ1n) is 6.47. The molecule has 0 spiro atoms. The minimum atomic E-state index is 0.0513. The van der Waals surface area contributed by atoms with E-state index in [1.54, 1.807) is 0 Å². The molecule has 1 fully saturated rings. The van der Waals surface area contributed by atoms with Gasteiger partial charge < -0.3 is 10.6 Å². The normalized spacial score (nSPS) is 24.3. The molecule has 2 heterocycles. The summed E-state index contributed by atoms with van der Waals surface area (Å²) in [5.74, 6) is 0.517. The third kappa shape index (κ3) is 2.87. The van der Waals surface area contributed by atoms with Gasteiger partial charge in [0.1, 0.15) is 4.88 Å². The van der Waals surface area contributed by atoms with Crippen LogP contribution in [0.4, 0.5) is 0 Å². The van der Waals surface area contributed by atoms with E-state index >= 15 is 0 Å². The van der Waals surface area contributed by atoms with Crippen molar-refractivity contribution in [2.75, 3.05) is 13.1 Å². The molecule has 0 aliphatic carbocycles. The van der Waals surface area contributed by atoms with E-state index in [4.69, 9.17) is 5.73 Å². The Labute approximate surface area is 112 Å². The Bertz CT molecular complexity index is 410. The van der Waals surface area contributed by atoms with Crippen molar-refractivity contribution in [2.24, 2.45) is 11.7 Å². The predicted molar refractivity (Wildman–Crippen MR) is 71.6 cm³/mol. The highest BCUT2D eigenvalue weighted by Crippen LogP contribution is 2.20. The summed E-state index contributed by atoms with van der Waals surface area (Å²) in [7, 11) is 0. The van der Waals surface area contributed by atoms with Crippen LogP contribution in [0.3, 0.4) is 0 Å². The number of piperidine rings is 1. The van der Waals surface area contributed by atoms with E-state index in [0.29, 0.717) is 17.3 Å². The average Bonchev–Trinajstić information content (AvgIpc) is 2.75. The Morgan fingerprint density at radius 3 is 3.00 bits per heavy atom. The van der Waals surface area contributed by atoms with Gasteiger partial charge in [-0.05, 0) is 30.3 Å². The summed E-state index contributed by atoms with van der Waals surface area (Å²) in [5.41, 5.74) is 6.81. The van der Waals surface area contributed by atoms with Gasteiger partial charge >= 0.3 is 0 Å². The maximum absolute atomic E-state index is 12.4. The fourth-order valence-electron chi connectivity index (χ4n) is 2.48. The number of nitrogens with two attached hydrogens (primary N) is 1. The van der Waals surface area contributed by atoms with Gasteiger partial charge in [0.2, 0.25) is 0 Å². The van der Waals surface area contributed by atoms with Gasteiger partial charge in [0.05, 0.1) is 5.69 Å². The maximum Gasteiger partial charge on any atom is 0.267 e. The number of rotatable bonds is 3. The molecule has 0 radical (unpaired) electrons. The van der Waals surface area contributed by atoms with Crippen molar-refractivity contribution >= 4 is 17.4 Å². The van der Waals surface area contributed by atoms with Gasteiger partial charge in [0, 0.05) is 19.1 Å². The number of carbonyl (C=O) groups is 1. The zero-order valence-electron chi connectivity index (χ0n) is 10.9. The highest BCUT2D eigenvalue weighted by molar-refractivity contribution is 7.08. The molecule has 6 heteroatoms. The lowest BCUT2D eigenvalue weighted by Gasteiger charge is -2.34. The van der Waals surface area contributed by atoms with Gasteiger partial charge in [0.15, 0.2) is 0 Å². The van der Waals surface area contributed by atoms with Crippen LogP contribution in [-0.2, 0) is 6.42 Å². The Balaban J connectivity index is 2.12. The number of aromatic nitrogens is 2. The minimum absolute atomic E-state index is 0.0513. The fraction of sp³-hybridized carbons (Fsp3) is 0.750. The molecule has 1 aromatic rings. The predicted octanol–water partition coefficient (Wildman–Crippen LogP) is 1.30. The number of aryl methyl sites for hydroxylation is 1. The summed E-state index contributed by atoms with van der Waals surface area (Å²) in [4.78, 5) is 15.0. The van der Waals surface area contributed by atoms with E-state index in [1.807, 2.05) is 4.90 Å². The molecule has 1 saturated heterocycles. The fourth-order valence-corrected chi connectivity index (χ4v) is 3.16. The lowest BCUT2D eigenvalue weighted by atomic mass is 9.96. The van der Waals surface area contributed by atoms with Gasteiger partial charge in [-0.1, -0.05) is 24.8 Å². The van der Waals surface area contributed by atoms with Crippen LogP contribution in [0.1, 0.15) is 42.1 Å². The molecule has 1 aliphatic rings. The van der Waals surface area contributed by atoms with Crippen molar-refractivity contribution < 1.29 is 4.79 Å². The van der Waals surface area contributed by atoms with Gasteiger partial charge in [-0.2, -0.15) is 0 Å². The molecule has 5 nitrogen and oxygen atoms in total. The molecule has 1 aliphatic heterocycles. The van der Waals surface area contributed by atoms with E-state index in [-0.39, 0.29) is 11.9 Å². The van der Waals surface area contributed by atoms with Crippen LogP contribution in [0.25, 0.3) is 0 Å². The molecule has 0 aromatic carbocycles. The van der Waals surface area contributed by atoms with Gasteiger partial charge in [-0.3, -0.25) is 4.79 Å². The highest BCUT2D eigenvalue weighted by atomic mass is 32.1. The maximum atomic E-state index is 12.4. The van der Waals surface area contributed by atoms with E-state index in [2.05, 4.69) is 23.4 Å². The lowest BCUT2D eigenvalue weighted by molar-refractivity contribution is 0.0664. The van der Waals surface area contributed by atoms with Crippen molar-refractivity contribution in [3.63, 3.8) is 0 Å². The largest absolute Gasteiger partial charge is 0.336 e. The van der Waals surface area contributed by atoms with Gasteiger partial charge in [-0.15, -0.1) is 5.10 Å². The Morgan fingerprint density at radius 2 is 2.33 bits per heavy atom. The zero-order chi connectivity index (χ0) is 13.1. The molecule has 100 valence electrons. The van der Waals surface area contributed by atoms with Crippen LogP contribution in [0, 0.1) is 5.92 Å². The number of amides is 1. The van der Waals surface area contributed by atoms with Crippen molar-refractivity contribution in [3.05, 3.63) is 10.6 Å².